The smallest absolute Gasteiger partial charge is 0.267 e. The zero-order chi connectivity index (χ0) is 19.0. The first-order chi connectivity index (χ1) is 13.1. The lowest BCUT2D eigenvalue weighted by molar-refractivity contribution is 0.0991. The number of carbonyl (C=O) groups excluding carboxylic acids is 2. The molecule has 0 aliphatic heterocycles. The molecule has 0 radical (unpaired) electrons. The average Bonchev–Trinajstić information content (AvgIpc) is 3.43. The number of nitrogens with two attached hydrogens (primary N) is 1. The van der Waals surface area contributed by atoms with Crippen molar-refractivity contribution in [1.82, 2.24) is 15.1 Å². The Balaban J connectivity index is 1.74. The van der Waals surface area contributed by atoms with Gasteiger partial charge in [0, 0.05) is 11.6 Å². The van der Waals surface area contributed by atoms with Gasteiger partial charge in [-0.2, -0.15) is 0 Å². The number of fused-ring (bicyclic) bond motifs is 1. The van der Waals surface area contributed by atoms with Gasteiger partial charge in [0.05, 0.1) is 16.6 Å². The molecule has 2 amide bonds. The number of hydrogen-bond acceptors (Lipinski definition) is 6. The first-order valence-electron chi connectivity index (χ1n) is 8.94. The Hall–Kier alpha value is -3.29. The van der Waals surface area contributed by atoms with Crippen LogP contribution in [0.4, 0.5) is 5.82 Å². The number of aryl methyl sites for hydroxylation is 1. The van der Waals surface area contributed by atoms with E-state index in [4.69, 9.17) is 10.3 Å². The summed E-state index contributed by atoms with van der Waals surface area (Å²) < 4.78 is 5.39. The second-order valence-corrected chi connectivity index (χ2v) is 6.65. The van der Waals surface area contributed by atoms with Gasteiger partial charge < -0.3 is 15.6 Å². The van der Waals surface area contributed by atoms with Crippen molar-refractivity contribution in [3.8, 4) is 0 Å². The van der Waals surface area contributed by atoms with E-state index in [9.17, 15) is 9.59 Å². The minimum Gasteiger partial charge on any atom is -0.364 e. The number of nitrogens with one attached hydrogen (secondary N) is 1. The van der Waals surface area contributed by atoms with Crippen LogP contribution in [0.15, 0.2) is 28.8 Å². The van der Waals surface area contributed by atoms with Gasteiger partial charge in [0.25, 0.3) is 17.5 Å². The molecule has 0 saturated heterocycles. The first-order valence-corrected chi connectivity index (χ1v) is 8.94. The number of amides is 2. The molecule has 3 heterocycles. The maximum Gasteiger partial charge on any atom is 0.267 e. The predicted molar refractivity (Wildman–Crippen MR) is 98.5 cm³/mol. The van der Waals surface area contributed by atoms with Crippen LogP contribution < -0.4 is 11.1 Å². The number of anilines is 1. The number of primary amides is 1. The molecule has 27 heavy (non-hydrogen) atoms. The third-order valence-electron chi connectivity index (χ3n) is 4.51. The molecule has 0 unspecified atom stereocenters. The Morgan fingerprint density at radius 1 is 1.30 bits per heavy atom. The third kappa shape index (κ3) is 3.38. The quantitative estimate of drug-likeness (QED) is 0.692. The lowest BCUT2D eigenvalue weighted by Gasteiger charge is -2.08. The van der Waals surface area contributed by atoms with Gasteiger partial charge in [0.15, 0.2) is 0 Å². The van der Waals surface area contributed by atoms with Crippen molar-refractivity contribution in [1.29, 1.82) is 0 Å². The molecule has 1 aliphatic carbocycles. The van der Waals surface area contributed by atoms with E-state index >= 15 is 0 Å². The summed E-state index contributed by atoms with van der Waals surface area (Å²) in [6.07, 6.45) is 3.66. The van der Waals surface area contributed by atoms with Crippen LogP contribution in [0.25, 0.3) is 11.1 Å². The summed E-state index contributed by atoms with van der Waals surface area (Å²) in [5, 5.41) is 7.46. The van der Waals surface area contributed by atoms with E-state index in [0.29, 0.717) is 34.7 Å². The van der Waals surface area contributed by atoms with Crippen molar-refractivity contribution >= 4 is 28.7 Å². The Morgan fingerprint density at radius 3 is 2.81 bits per heavy atom. The molecule has 3 aromatic heterocycles. The number of aromatic nitrogens is 3. The highest BCUT2D eigenvalue weighted by atomic mass is 16.5. The van der Waals surface area contributed by atoms with Gasteiger partial charge in [0.2, 0.25) is 0 Å². The Labute approximate surface area is 155 Å². The van der Waals surface area contributed by atoms with Crippen LogP contribution in [0.1, 0.15) is 64.3 Å². The molecule has 138 valence electrons. The van der Waals surface area contributed by atoms with E-state index in [-0.39, 0.29) is 17.4 Å². The highest BCUT2D eigenvalue weighted by Crippen LogP contribution is 2.40. The van der Waals surface area contributed by atoms with Gasteiger partial charge in [-0.05, 0) is 37.5 Å². The van der Waals surface area contributed by atoms with Crippen LogP contribution in [-0.2, 0) is 6.42 Å². The zero-order valence-corrected chi connectivity index (χ0v) is 14.9. The summed E-state index contributed by atoms with van der Waals surface area (Å²) in [5.41, 5.74) is 7.73. The van der Waals surface area contributed by atoms with Crippen LogP contribution in [0.2, 0.25) is 0 Å². The minimum atomic E-state index is -0.655. The second kappa shape index (κ2) is 6.79. The minimum absolute atomic E-state index is 0.0861. The largest absolute Gasteiger partial charge is 0.364 e. The van der Waals surface area contributed by atoms with Crippen LogP contribution in [-0.4, -0.2) is 26.9 Å². The average molecular weight is 365 g/mol. The van der Waals surface area contributed by atoms with Crippen molar-refractivity contribution in [2.45, 2.75) is 38.5 Å². The van der Waals surface area contributed by atoms with Crippen LogP contribution in [0.5, 0.6) is 0 Å². The van der Waals surface area contributed by atoms with E-state index in [2.05, 4.69) is 20.4 Å². The fourth-order valence-electron chi connectivity index (χ4n) is 3.03. The lowest BCUT2D eigenvalue weighted by atomic mass is 10.0. The van der Waals surface area contributed by atoms with Gasteiger partial charge in [0.1, 0.15) is 11.5 Å². The van der Waals surface area contributed by atoms with Gasteiger partial charge in [-0.3, -0.25) is 9.59 Å². The molecule has 8 nitrogen and oxygen atoms in total. The lowest BCUT2D eigenvalue weighted by Crippen LogP contribution is -2.17. The van der Waals surface area contributed by atoms with Crippen LogP contribution in [0.3, 0.4) is 0 Å². The summed E-state index contributed by atoms with van der Waals surface area (Å²) >= 11 is 0. The van der Waals surface area contributed by atoms with Gasteiger partial charge >= 0.3 is 0 Å². The van der Waals surface area contributed by atoms with E-state index < -0.39 is 5.91 Å². The summed E-state index contributed by atoms with van der Waals surface area (Å²) in [6.45, 7) is 2.03. The topological polar surface area (TPSA) is 124 Å². The molecule has 1 fully saturated rings. The van der Waals surface area contributed by atoms with Crippen molar-refractivity contribution in [2.24, 2.45) is 5.73 Å². The molecule has 0 atom stereocenters. The number of rotatable bonds is 6. The van der Waals surface area contributed by atoms with Crippen LogP contribution in [0, 0.1) is 0 Å². The molecular weight excluding hydrogens is 346 g/mol. The zero-order valence-electron chi connectivity index (χ0n) is 14.9. The number of nitrogens with zero attached hydrogens (tertiary/aromatic N) is 3. The Kier molecular flexibility index (Phi) is 4.31. The maximum absolute atomic E-state index is 13.0. The molecular formula is C19H19N5O3. The number of hydrogen-bond donors (Lipinski definition) is 2. The fraction of sp³-hybridized carbons (Fsp3) is 0.316. The molecule has 4 rings (SSSR count). The molecule has 0 bridgehead atoms. The normalized spacial score (nSPS) is 13.7. The summed E-state index contributed by atoms with van der Waals surface area (Å²) in [4.78, 5) is 32.9. The predicted octanol–water partition coefficient (Wildman–Crippen LogP) is 2.80. The number of carbonyl (C=O) groups is 2. The maximum atomic E-state index is 13.0. The van der Waals surface area contributed by atoms with Crippen molar-refractivity contribution < 1.29 is 14.1 Å². The molecule has 0 spiro atoms. The monoisotopic (exact) mass is 365 g/mol. The summed E-state index contributed by atoms with van der Waals surface area (Å²) in [7, 11) is 0. The SMILES string of the molecule is CCCc1noc2nc(C3CC3)cc(C(=O)Nc3cccc(C(N)=O)n3)c12. The highest BCUT2D eigenvalue weighted by Gasteiger charge is 2.29. The molecule has 0 aromatic carbocycles. The standard InChI is InChI=1S/C19H19N5O3/c1-2-4-12-16-11(9-14(10-7-8-10)22-19(16)27-24-12)18(26)23-15-6-3-5-13(21-15)17(20)25/h3,5-6,9-10H,2,4,7-8H2,1H3,(H2,20,25)(H,21,23,26). The van der Waals surface area contributed by atoms with E-state index in [1.807, 2.05) is 13.0 Å². The van der Waals surface area contributed by atoms with Crippen molar-refractivity contribution in [3.63, 3.8) is 0 Å². The molecule has 3 aromatic rings. The van der Waals surface area contributed by atoms with E-state index in [1.165, 1.54) is 6.07 Å². The van der Waals surface area contributed by atoms with Gasteiger partial charge in [-0.1, -0.05) is 24.6 Å². The molecule has 3 N–H and O–H groups in total. The van der Waals surface area contributed by atoms with Crippen LogP contribution >= 0.6 is 0 Å². The van der Waals surface area contributed by atoms with Gasteiger partial charge in [-0.25, -0.2) is 9.97 Å². The van der Waals surface area contributed by atoms with Crippen molar-refractivity contribution in [3.05, 3.63) is 46.9 Å². The fourth-order valence-corrected chi connectivity index (χ4v) is 3.03. The van der Waals surface area contributed by atoms with E-state index in [1.54, 1.807) is 12.1 Å². The number of pyridine rings is 2. The Bertz CT molecular complexity index is 1040. The molecule has 1 saturated carbocycles. The highest BCUT2D eigenvalue weighted by molar-refractivity contribution is 6.12. The molecule has 8 heteroatoms. The molecule has 1 aliphatic rings. The Morgan fingerprint density at radius 2 is 2.11 bits per heavy atom. The van der Waals surface area contributed by atoms with E-state index in [0.717, 1.165) is 25.0 Å². The third-order valence-corrected chi connectivity index (χ3v) is 4.51. The van der Waals surface area contributed by atoms with Gasteiger partial charge in [-0.15, -0.1) is 0 Å². The summed E-state index contributed by atoms with van der Waals surface area (Å²) in [5.74, 6) is -0.392. The van der Waals surface area contributed by atoms with Crippen molar-refractivity contribution in [2.75, 3.05) is 5.32 Å². The second-order valence-electron chi connectivity index (χ2n) is 6.65. The summed E-state index contributed by atoms with van der Waals surface area (Å²) in [6, 6.07) is 6.52. The first kappa shape index (κ1) is 17.1.